The highest BCUT2D eigenvalue weighted by molar-refractivity contribution is 5.87. The molecular formula is C20H28O5. The standard InChI is InChI=1S/C20H28O5/c1-6-11(2)16(21)23-15-8-7-12(3)18(5)10-19-13(4)17(22)24-20(19,25-19)9-14(15)18/h6,12-15H,7-10H2,1-5H3. The van der Waals surface area contributed by atoms with E-state index in [4.69, 9.17) is 14.2 Å². The molecule has 5 heteroatoms. The molecule has 0 radical (unpaired) electrons. The molecule has 0 bridgehead atoms. The van der Waals surface area contributed by atoms with E-state index in [-0.39, 0.29) is 35.3 Å². The highest BCUT2D eigenvalue weighted by atomic mass is 16.8. The highest BCUT2D eigenvalue weighted by Gasteiger charge is 2.86. The Hall–Kier alpha value is -1.36. The minimum atomic E-state index is -0.773. The Morgan fingerprint density at radius 3 is 2.72 bits per heavy atom. The van der Waals surface area contributed by atoms with Crippen molar-refractivity contribution < 1.29 is 23.8 Å². The minimum Gasteiger partial charge on any atom is -0.459 e. The molecule has 7 atom stereocenters. The Bertz CT molecular complexity index is 669. The number of epoxide rings is 1. The number of hydrogen-bond acceptors (Lipinski definition) is 5. The second-order valence-corrected chi connectivity index (χ2v) is 8.77. The van der Waals surface area contributed by atoms with E-state index < -0.39 is 11.4 Å². The molecule has 2 heterocycles. The Labute approximate surface area is 149 Å². The maximum absolute atomic E-state index is 12.3. The zero-order valence-corrected chi connectivity index (χ0v) is 15.8. The molecule has 5 nitrogen and oxygen atoms in total. The van der Waals surface area contributed by atoms with Gasteiger partial charge in [0.15, 0.2) is 5.60 Å². The van der Waals surface area contributed by atoms with Crippen molar-refractivity contribution in [2.75, 3.05) is 0 Å². The van der Waals surface area contributed by atoms with Crippen LogP contribution in [0.25, 0.3) is 0 Å². The van der Waals surface area contributed by atoms with Crippen molar-refractivity contribution in [3.63, 3.8) is 0 Å². The second-order valence-electron chi connectivity index (χ2n) is 8.77. The number of carbonyl (C=O) groups excluding carboxylic acids is 2. The summed E-state index contributed by atoms with van der Waals surface area (Å²) in [6.07, 6.45) is 4.95. The quantitative estimate of drug-likeness (QED) is 0.435. The van der Waals surface area contributed by atoms with Crippen LogP contribution in [0.3, 0.4) is 0 Å². The van der Waals surface area contributed by atoms with Crippen LogP contribution in [0.4, 0.5) is 0 Å². The van der Waals surface area contributed by atoms with E-state index in [9.17, 15) is 9.59 Å². The first-order valence-corrected chi connectivity index (χ1v) is 9.46. The normalized spacial score (nSPS) is 51.1. The van der Waals surface area contributed by atoms with Gasteiger partial charge in [0, 0.05) is 17.9 Å². The molecule has 0 aromatic rings. The lowest BCUT2D eigenvalue weighted by atomic mass is 9.51. The number of ether oxygens (including phenoxy) is 3. The van der Waals surface area contributed by atoms with Gasteiger partial charge in [0.1, 0.15) is 6.10 Å². The third kappa shape index (κ3) is 2.05. The van der Waals surface area contributed by atoms with Crippen LogP contribution in [0.2, 0.25) is 0 Å². The monoisotopic (exact) mass is 348 g/mol. The maximum Gasteiger partial charge on any atom is 0.333 e. The first kappa shape index (κ1) is 17.1. The Morgan fingerprint density at radius 2 is 2.04 bits per heavy atom. The summed E-state index contributed by atoms with van der Waals surface area (Å²) in [5, 5.41) is 0. The Balaban J connectivity index is 1.64. The van der Waals surface area contributed by atoms with Gasteiger partial charge < -0.3 is 14.2 Å². The Morgan fingerprint density at radius 1 is 1.32 bits per heavy atom. The third-order valence-corrected chi connectivity index (χ3v) is 7.72. The zero-order chi connectivity index (χ0) is 18.2. The molecule has 4 rings (SSSR count). The van der Waals surface area contributed by atoms with E-state index in [2.05, 4.69) is 13.8 Å². The first-order chi connectivity index (χ1) is 11.7. The zero-order valence-electron chi connectivity index (χ0n) is 15.8. The van der Waals surface area contributed by atoms with Gasteiger partial charge >= 0.3 is 11.9 Å². The van der Waals surface area contributed by atoms with Gasteiger partial charge in [0.2, 0.25) is 5.79 Å². The highest BCUT2D eigenvalue weighted by Crippen LogP contribution is 2.73. The summed E-state index contributed by atoms with van der Waals surface area (Å²) in [4.78, 5) is 24.5. The average molecular weight is 348 g/mol. The molecule has 7 unspecified atom stereocenters. The minimum absolute atomic E-state index is 0.0186. The van der Waals surface area contributed by atoms with E-state index in [1.54, 1.807) is 13.0 Å². The molecule has 0 aromatic heterocycles. The predicted molar refractivity (Wildman–Crippen MR) is 90.3 cm³/mol. The van der Waals surface area contributed by atoms with E-state index in [0.717, 1.165) is 19.3 Å². The number of allylic oxidation sites excluding steroid dienone is 1. The fraction of sp³-hybridized carbons (Fsp3) is 0.800. The molecule has 25 heavy (non-hydrogen) atoms. The van der Waals surface area contributed by atoms with Gasteiger partial charge in [-0.3, -0.25) is 4.79 Å². The maximum atomic E-state index is 12.3. The van der Waals surface area contributed by atoms with E-state index in [1.165, 1.54) is 0 Å². The second kappa shape index (κ2) is 5.09. The van der Waals surface area contributed by atoms with Crippen LogP contribution in [-0.4, -0.2) is 29.4 Å². The molecule has 2 aliphatic carbocycles. The van der Waals surface area contributed by atoms with Crippen LogP contribution in [0, 0.1) is 23.2 Å². The molecule has 138 valence electrons. The van der Waals surface area contributed by atoms with E-state index in [0.29, 0.717) is 17.9 Å². The van der Waals surface area contributed by atoms with Gasteiger partial charge in [-0.2, -0.15) is 0 Å². The van der Waals surface area contributed by atoms with Crippen molar-refractivity contribution in [2.24, 2.45) is 23.2 Å². The fourth-order valence-corrected chi connectivity index (χ4v) is 5.57. The number of hydrogen-bond donors (Lipinski definition) is 0. The Kier molecular flexibility index (Phi) is 3.48. The van der Waals surface area contributed by atoms with Gasteiger partial charge in [-0.1, -0.05) is 19.9 Å². The fourth-order valence-electron chi connectivity index (χ4n) is 5.57. The van der Waals surface area contributed by atoms with Gasteiger partial charge in [-0.25, -0.2) is 4.79 Å². The summed E-state index contributed by atoms with van der Waals surface area (Å²) < 4.78 is 17.7. The van der Waals surface area contributed by atoms with Crippen LogP contribution < -0.4 is 0 Å². The molecule has 0 aromatic carbocycles. The van der Waals surface area contributed by atoms with Crippen molar-refractivity contribution >= 4 is 11.9 Å². The topological polar surface area (TPSA) is 65.1 Å². The summed E-state index contributed by atoms with van der Waals surface area (Å²) >= 11 is 0. The number of fused-ring (bicyclic) bond motifs is 1. The van der Waals surface area contributed by atoms with E-state index in [1.807, 2.05) is 13.8 Å². The summed E-state index contributed by atoms with van der Waals surface area (Å²) in [5.41, 5.74) is 0.150. The van der Waals surface area contributed by atoms with Crippen molar-refractivity contribution in [2.45, 2.75) is 77.8 Å². The lowest BCUT2D eigenvalue weighted by Gasteiger charge is -2.53. The summed E-state index contributed by atoms with van der Waals surface area (Å²) in [6, 6.07) is 0. The average Bonchev–Trinajstić information content (AvgIpc) is 3.16. The molecule has 4 aliphatic rings. The first-order valence-electron chi connectivity index (χ1n) is 9.46. The van der Waals surface area contributed by atoms with Gasteiger partial charge in [0.05, 0.1) is 5.92 Å². The molecule has 2 saturated carbocycles. The van der Waals surface area contributed by atoms with Crippen LogP contribution in [-0.2, 0) is 23.8 Å². The molecular weight excluding hydrogens is 320 g/mol. The molecule has 0 spiro atoms. The molecule has 0 N–H and O–H groups in total. The van der Waals surface area contributed by atoms with Crippen LogP contribution >= 0.6 is 0 Å². The van der Waals surface area contributed by atoms with Crippen LogP contribution in [0.15, 0.2) is 11.6 Å². The van der Waals surface area contributed by atoms with Crippen LogP contribution in [0.5, 0.6) is 0 Å². The van der Waals surface area contributed by atoms with Crippen molar-refractivity contribution in [1.29, 1.82) is 0 Å². The van der Waals surface area contributed by atoms with Gasteiger partial charge in [-0.15, -0.1) is 0 Å². The van der Waals surface area contributed by atoms with Gasteiger partial charge in [-0.05, 0) is 51.4 Å². The molecule has 2 saturated heterocycles. The van der Waals surface area contributed by atoms with Crippen molar-refractivity contribution in [3.05, 3.63) is 11.6 Å². The molecule has 0 amide bonds. The van der Waals surface area contributed by atoms with Crippen LogP contribution in [0.1, 0.15) is 60.3 Å². The summed E-state index contributed by atoms with van der Waals surface area (Å²) in [7, 11) is 0. The van der Waals surface area contributed by atoms with E-state index >= 15 is 0 Å². The van der Waals surface area contributed by atoms with Gasteiger partial charge in [0.25, 0.3) is 0 Å². The van der Waals surface area contributed by atoms with Crippen molar-refractivity contribution in [3.8, 4) is 0 Å². The number of rotatable bonds is 2. The molecule has 4 fully saturated rings. The summed E-state index contributed by atoms with van der Waals surface area (Å²) in [5.74, 6) is -0.740. The molecule has 2 aliphatic heterocycles. The third-order valence-electron chi connectivity index (χ3n) is 7.72. The van der Waals surface area contributed by atoms with Crippen molar-refractivity contribution in [1.82, 2.24) is 0 Å². The lowest BCUT2D eigenvalue weighted by Crippen LogP contribution is -2.55. The summed E-state index contributed by atoms with van der Waals surface area (Å²) in [6.45, 7) is 10.1. The number of carbonyl (C=O) groups is 2. The lowest BCUT2D eigenvalue weighted by molar-refractivity contribution is -0.173. The predicted octanol–water partition coefficient (Wildman–Crippen LogP) is 3.37. The SMILES string of the molecule is CC=C(C)C(=O)OC1CCC(C)C2(C)CC34OC3(CC12)OC(=O)C4C. The smallest absolute Gasteiger partial charge is 0.333 e. The largest absolute Gasteiger partial charge is 0.459 e. The number of esters is 2.